The molecule has 3 nitrogen and oxygen atoms in total. The van der Waals surface area contributed by atoms with E-state index in [2.05, 4.69) is 67.3 Å². The lowest BCUT2D eigenvalue weighted by Crippen LogP contribution is -2.43. The first-order valence-corrected chi connectivity index (χ1v) is 9.76. The topological polar surface area (TPSA) is 32.7 Å². The van der Waals surface area contributed by atoms with E-state index in [9.17, 15) is 5.11 Å². The molecule has 1 aliphatic rings. The highest BCUT2D eigenvalue weighted by Crippen LogP contribution is 2.24. The quantitative estimate of drug-likeness (QED) is 0.812. The van der Waals surface area contributed by atoms with E-state index < -0.39 is 0 Å². The summed E-state index contributed by atoms with van der Waals surface area (Å²) in [5.41, 5.74) is 2.59. The predicted molar refractivity (Wildman–Crippen MR) is 106 cm³/mol. The monoisotopic (exact) mass is 353 g/mol. The van der Waals surface area contributed by atoms with Gasteiger partial charge in [-0.05, 0) is 42.0 Å². The van der Waals surface area contributed by atoms with E-state index in [1.54, 1.807) is 0 Å². The Bertz CT molecular complexity index is 671. The highest BCUT2D eigenvalue weighted by atomic mass is 16.5. The number of ether oxygens (including phenoxy) is 1. The summed E-state index contributed by atoms with van der Waals surface area (Å²) in [6.45, 7) is 7.91. The molecule has 1 aliphatic heterocycles. The molecule has 0 aliphatic carbocycles. The summed E-state index contributed by atoms with van der Waals surface area (Å²) >= 11 is 0. The number of nitrogens with zero attached hydrogens (tertiary/aromatic N) is 1. The van der Waals surface area contributed by atoms with Gasteiger partial charge in [0.15, 0.2) is 0 Å². The van der Waals surface area contributed by atoms with Crippen LogP contribution in [0.2, 0.25) is 0 Å². The lowest BCUT2D eigenvalue weighted by molar-refractivity contribution is 0.0239. The first kappa shape index (κ1) is 18.9. The van der Waals surface area contributed by atoms with Crippen LogP contribution in [0.3, 0.4) is 0 Å². The number of aliphatic hydroxyl groups excluding tert-OH is 1. The molecule has 140 valence electrons. The lowest BCUT2D eigenvalue weighted by atomic mass is 9.88. The molecule has 1 fully saturated rings. The van der Waals surface area contributed by atoms with E-state index in [4.69, 9.17) is 4.74 Å². The summed E-state index contributed by atoms with van der Waals surface area (Å²) in [7, 11) is 0. The van der Waals surface area contributed by atoms with Gasteiger partial charge < -0.3 is 9.84 Å². The van der Waals surface area contributed by atoms with Crippen LogP contribution in [0.25, 0.3) is 0 Å². The SMILES string of the molecule is CC(C)COc1cccc(CC2CN(Cc3ccccc3)CCC2O)c1. The molecule has 2 atom stereocenters. The largest absolute Gasteiger partial charge is 0.493 e. The number of hydrogen-bond donors (Lipinski definition) is 1. The average molecular weight is 354 g/mol. The minimum Gasteiger partial charge on any atom is -0.493 e. The molecular formula is C23H31NO2. The molecule has 1 saturated heterocycles. The van der Waals surface area contributed by atoms with E-state index in [-0.39, 0.29) is 12.0 Å². The van der Waals surface area contributed by atoms with Crippen molar-refractivity contribution in [3.05, 3.63) is 65.7 Å². The number of hydrogen-bond acceptors (Lipinski definition) is 3. The van der Waals surface area contributed by atoms with Gasteiger partial charge in [0, 0.05) is 25.6 Å². The van der Waals surface area contributed by atoms with Crippen LogP contribution >= 0.6 is 0 Å². The van der Waals surface area contributed by atoms with Crippen molar-refractivity contribution in [2.24, 2.45) is 11.8 Å². The number of likely N-dealkylation sites (tertiary alicyclic amines) is 1. The minimum atomic E-state index is -0.220. The molecule has 3 rings (SSSR count). The fraction of sp³-hybridized carbons (Fsp3) is 0.478. The van der Waals surface area contributed by atoms with E-state index in [1.165, 1.54) is 11.1 Å². The molecule has 2 unspecified atom stereocenters. The van der Waals surface area contributed by atoms with Gasteiger partial charge in [-0.25, -0.2) is 0 Å². The minimum absolute atomic E-state index is 0.220. The van der Waals surface area contributed by atoms with Gasteiger partial charge >= 0.3 is 0 Å². The summed E-state index contributed by atoms with van der Waals surface area (Å²) in [5.74, 6) is 1.72. The van der Waals surface area contributed by atoms with Crippen LogP contribution in [0.15, 0.2) is 54.6 Å². The maximum absolute atomic E-state index is 10.5. The van der Waals surface area contributed by atoms with Crippen molar-refractivity contribution >= 4 is 0 Å². The predicted octanol–water partition coefficient (Wildman–Crippen LogP) is 4.15. The second-order valence-electron chi connectivity index (χ2n) is 7.89. The van der Waals surface area contributed by atoms with Gasteiger partial charge in [0.05, 0.1) is 12.7 Å². The van der Waals surface area contributed by atoms with Gasteiger partial charge in [0.1, 0.15) is 5.75 Å². The van der Waals surface area contributed by atoms with Crippen LogP contribution in [-0.2, 0) is 13.0 Å². The molecule has 0 spiro atoms. The summed E-state index contributed by atoms with van der Waals surface area (Å²) in [4.78, 5) is 2.46. The molecule has 0 bridgehead atoms. The van der Waals surface area contributed by atoms with Gasteiger partial charge in [0.25, 0.3) is 0 Å². The number of aliphatic hydroxyl groups is 1. The van der Waals surface area contributed by atoms with Gasteiger partial charge in [0.2, 0.25) is 0 Å². The highest BCUT2D eigenvalue weighted by molar-refractivity contribution is 5.29. The zero-order valence-electron chi connectivity index (χ0n) is 16.0. The Morgan fingerprint density at radius 2 is 1.85 bits per heavy atom. The van der Waals surface area contributed by atoms with Crippen molar-refractivity contribution in [1.82, 2.24) is 4.90 Å². The molecule has 3 heteroatoms. The van der Waals surface area contributed by atoms with Crippen molar-refractivity contribution in [3.63, 3.8) is 0 Å². The third-order valence-electron chi connectivity index (χ3n) is 5.01. The van der Waals surface area contributed by atoms with E-state index >= 15 is 0 Å². The Morgan fingerprint density at radius 3 is 2.62 bits per heavy atom. The zero-order valence-corrected chi connectivity index (χ0v) is 16.0. The Labute approximate surface area is 157 Å². The van der Waals surface area contributed by atoms with Crippen molar-refractivity contribution in [2.45, 2.75) is 39.3 Å². The fourth-order valence-corrected chi connectivity index (χ4v) is 3.61. The molecule has 0 amide bonds. The summed E-state index contributed by atoms with van der Waals surface area (Å²) in [5, 5.41) is 10.5. The summed E-state index contributed by atoms with van der Waals surface area (Å²) < 4.78 is 5.85. The maximum atomic E-state index is 10.5. The number of benzene rings is 2. The van der Waals surface area contributed by atoms with Crippen molar-refractivity contribution in [1.29, 1.82) is 0 Å². The molecule has 0 radical (unpaired) electrons. The first-order chi connectivity index (χ1) is 12.6. The van der Waals surface area contributed by atoms with Crippen LogP contribution < -0.4 is 4.74 Å². The van der Waals surface area contributed by atoms with Crippen LogP contribution in [0.4, 0.5) is 0 Å². The third kappa shape index (κ3) is 5.58. The molecule has 0 saturated carbocycles. The standard InChI is InChI=1S/C23H31NO2/c1-18(2)17-26-22-10-6-9-20(14-22)13-21-16-24(12-11-23(21)25)15-19-7-4-3-5-8-19/h3-10,14,18,21,23,25H,11-13,15-17H2,1-2H3. The molecule has 2 aromatic rings. The molecular weight excluding hydrogens is 322 g/mol. The Balaban J connectivity index is 1.60. The van der Waals surface area contributed by atoms with Crippen LogP contribution in [0, 0.1) is 11.8 Å². The van der Waals surface area contributed by atoms with Gasteiger partial charge in [-0.3, -0.25) is 4.90 Å². The smallest absolute Gasteiger partial charge is 0.119 e. The Morgan fingerprint density at radius 1 is 1.08 bits per heavy atom. The third-order valence-corrected chi connectivity index (χ3v) is 5.01. The second kappa shape index (κ2) is 9.20. The number of rotatable bonds is 7. The molecule has 1 N–H and O–H groups in total. The van der Waals surface area contributed by atoms with Crippen LogP contribution in [0.5, 0.6) is 5.75 Å². The molecule has 26 heavy (non-hydrogen) atoms. The molecule has 2 aromatic carbocycles. The highest BCUT2D eigenvalue weighted by Gasteiger charge is 2.27. The van der Waals surface area contributed by atoms with Crippen molar-refractivity contribution < 1.29 is 9.84 Å². The fourth-order valence-electron chi connectivity index (χ4n) is 3.61. The summed E-state index contributed by atoms with van der Waals surface area (Å²) in [6.07, 6.45) is 1.52. The Kier molecular flexibility index (Phi) is 6.70. The maximum Gasteiger partial charge on any atom is 0.119 e. The van der Waals surface area contributed by atoms with Gasteiger partial charge in [-0.15, -0.1) is 0 Å². The zero-order chi connectivity index (χ0) is 18.4. The van der Waals surface area contributed by atoms with E-state index in [1.807, 2.05) is 6.07 Å². The van der Waals surface area contributed by atoms with E-state index in [0.29, 0.717) is 5.92 Å². The van der Waals surface area contributed by atoms with Gasteiger partial charge in [-0.2, -0.15) is 0 Å². The van der Waals surface area contributed by atoms with Crippen molar-refractivity contribution in [2.75, 3.05) is 19.7 Å². The van der Waals surface area contributed by atoms with Crippen molar-refractivity contribution in [3.8, 4) is 5.75 Å². The van der Waals surface area contributed by atoms with Gasteiger partial charge in [-0.1, -0.05) is 56.3 Å². The first-order valence-electron chi connectivity index (χ1n) is 9.76. The van der Waals surface area contributed by atoms with Crippen LogP contribution in [-0.4, -0.2) is 35.8 Å². The molecule has 1 heterocycles. The summed E-state index contributed by atoms with van der Waals surface area (Å²) in [6, 6.07) is 18.9. The number of piperidine rings is 1. The van der Waals surface area contributed by atoms with Crippen LogP contribution in [0.1, 0.15) is 31.4 Å². The lowest BCUT2D eigenvalue weighted by Gasteiger charge is -2.36. The second-order valence-corrected chi connectivity index (χ2v) is 7.89. The molecule has 0 aromatic heterocycles. The van der Waals surface area contributed by atoms with E-state index in [0.717, 1.165) is 44.8 Å². The normalized spacial score (nSPS) is 21.1. The Hall–Kier alpha value is -1.84. The average Bonchev–Trinajstić information content (AvgIpc) is 2.64.